The Morgan fingerprint density at radius 2 is 2.20 bits per heavy atom. The number of nitrogens with one attached hydrogen (secondary N) is 1. The van der Waals surface area contributed by atoms with Gasteiger partial charge in [0.15, 0.2) is 0 Å². The number of hydrogen-bond acceptors (Lipinski definition) is 3. The van der Waals surface area contributed by atoms with Crippen molar-refractivity contribution < 1.29 is 9.53 Å². The quantitative estimate of drug-likeness (QED) is 0.940. The molecule has 0 bridgehead atoms. The molecule has 1 aromatic carbocycles. The summed E-state index contributed by atoms with van der Waals surface area (Å²) in [6, 6.07) is 7.09. The van der Waals surface area contributed by atoms with Gasteiger partial charge in [-0.1, -0.05) is 11.6 Å². The fourth-order valence-corrected chi connectivity index (χ4v) is 2.06. The van der Waals surface area contributed by atoms with E-state index in [1.54, 1.807) is 37.7 Å². The summed E-state index contributed by atoms with van der Waals surface area (Å²) >= 11 is 5.98. The van der Waals surface area contributed by atoms with E-state index in [1.165, 1.54) is 0 Å². The predicted octanol–water partition coefficient (Wildman–Crippen LogP) is 3.23. The van der Waals surface area contributed by atoms with Gasteiger partial charge in [-0.3, -0.25) is 9.78 Å². The molecule has 104 valence electrons. The van der Waals surface area contributed by atoms with Crippen LogP contribution in [-0.2, 0) is 11.2 Å². The second-order valence-corrected chi connectivity index (χ2v) is 4.85. The van der Waals surface area contributed by atoms with Crippen LogP contribution in [0.3, 0.4) is 0 Å². The molecule has 1 amide bonds. The Morgan fingerprint density at radius 1 is 1.40 bits per heavy atom. The molecule has 1 aromatic heterocycles. The van der Waals surface area contributed by atoms with Crippen LogP contribution in [0.25, 0.3) is 0 Å². The number of nitrogens with zero attached hydrogens (tertiary/aromatic N) is 1. The zero-order chi connectivity index (χ0) is 14.5. The molecule has 0 spiro atoms. The van der Waals surface area contributed by atoms with Crippen molar-refractivity contribution in [2.24, 2.45) is 0 Å². The molecule has 2 aromatic rings. The molecule has 5 heteroatoms. The van der Waals surface area contributed by atoms with Gasteiger partial charge in [0, 0.05) is 11.2 Å². The standard InChI is InChI=1S/C15H15ClN2O2/c1-10-3-4-17-9-14(10)18-15(19)7-11-5-12(16)8-13(6-11)20-2/h3-6,8-9H,7H2,1-2H3,(H,18,19). The number of amides is 1. The second-order valence-electron chi connectivity index (χ2n) is 4.41. The maximum absolute atomic E-state index is 12.0. The molecule has 20 heavy (non-hydrogen) atoms. The number of carbonyl (C=O) groups is 1. The van der Waals surface area contributed by atoms with Gasteiger partial charge in [0.1, 0.15) is 5.75 Å². The van der Waals surface area contributed by atoms with Crippen molar-refractivity contribution >= 4 is 23.2 Å². The first-order valence-electron chi connectivity index (χ1n) is 6.12. The molecule has 0 radical (unpaired) electrons. The van der Waals surface area contributed by atoms with Gasteiger partial charge >= 0.3 is 0 Å². The van der Waals surface area contributed by atoms with Crippen molar-refractivity contribution in [3.8, 4) is 5.75 Å². The van der Waals surface area contributed by atoms with E-state index in [0.717, 1.165) is 11.1 Å². The lowest BCUT2D eigenvalue weighted by Crippen LogP contribution is -2.15. The summed E-state index contributed by atoms with van der Waals surface area (Å²) in [4.78, 5) is 16.0. The van der Waals surface area contributed by atoms with Crippen LogP contribution in [0.15, 0.2) is 36.7 Å². The topological polar surface area (TPSA) is 51.2 Å². The number of benzene rings is 1. The minimum absolute atomic E-state index is 0.120. The van der Waals surface area contributed by atoms with Crippen LogP contribution in [0.5, 0.6) is 5.75 Å². The molecule has 0 unspecified atom stereocenters. The Bertz CT molecular complexity index is 629. The summed E-state index contributed by atoms with van der Waals surface area (Å²) in [6.45, 7) is 1.92. The first-order chi connectivity index (χ1) is 9.58. The highest BCUT2D eigenvalue weighted by Crippen LogP contribution is 2.21. The maximum Gasteiger partial charge on any atom is 0.228 e. The van der Waals surface area contributed by atoms with Crippen molar-refractivity contribution in [1.29, 1.82) is 0 Å². The Labute approximate surface area is 122 Å². The van der Waals surface area contributed by atoms with Crippen LogP contribution in [-0.4, -0.2) is 18.0 Å². The van der Waals surface area contributed by atoms with E-state index in [4.69, 9.17) is 16.3 Å². The van der Waals surface area contributed by atoms with Crippen LogP contribution in [0.4, 0.5) is 5.69 Å². The molecule has 1 heterocycles. The lowest BCUT2D eigenvalue weighted by molar-refractivity contribution is -0.115. The van der Waals surface area contributed by atoms with Crippen LogP contribution in [0, 0.1) is 6.92 Å². The Kier molecular flexibility index (Phi) is 4.58. The molecule has 0 aliphatic carbocycles. The van der Waals surface area contributed by atoms with E-state index in [0.29, 0.717) is 16.5 Å². The molecule has 0 fully saturated rings. The van der Waals surface area contributed by atoms with E-state index < -0.39 is 0 Å². The van der Waals surface area contributed by atoms with Gasteiger partial charge in [-0.2, -0.15) is 0 Å². The number of methoxy groups -OCH3 is 1. The number of rotatable bonds is 4. The number of aryl methyl sites for hydroxylation is 1. The molecule has 0 atom stereocenters. The summed E-state index contributed by atoms with van der Waals surface area (Å²) in [5.41, 5.74) is 2.48. The van der Waals surface area contributed by atoms with Gasteiger partial charge in [0.25, 0.3) is 0 Å². The highest BCUT2D eigenvalue weighted by Gasteiger charge is 2.08. The lowest BCUT2D eigenvalue weighted by atomic mass is 10.1. The Morgan fingerprint density at radius 3 is 2.90 bits per heavy atom. The largest absolute Gasteiger partial charge is 0.497 e. The van der Waals surface area contributed by atoms with Gasteiger partial charge in [0.05, 0.1) is 25.4 Å². The number of ether oxygens (including phenoxy) is 1. The van der Waals surface area contributed by atoms with Crippen molar-refractivity contribution in [1.82, 2.24) is 4.98 Å². The first kappa shape index (κ1) is 14.3. The van der Waals surface area contributed by atoms with Crippen LogP contribution in [0.1, 0.15) is 11.1 Å². The third kappa shape index (κ3) is 3.71. The van der Waals surface area contributed by atoms with E-state index >= 15 is 0 Å². The smallest absolute Gasteiger partial charge is 0.228 e. The van der Waals surface area contributed by atoms with E-state index in [9.17, 15) is 4.79 Å². The summed E-state index contributed by atoms with van der Waals surface area (Å²) in [5.74, 6) is 0.517. The average Bonchev–Trinajstić information content (AvgIpc) is 2.40. The molecular weight excluding hydrogens is 276 g/mol. The van der Waals surface area contributed by atoms with Crippen molar-refractivity contribution in [2.75, 3.05) is 12.4 Å². The van der Waals surface area contributed by atoms with Crippen molar-refractivity contribution in [3.05, 3.63) is 52.8 Å². The predicted molar refractivity (Wildman–Crippen MR) is 79.3 cm³/mol. The monoisotopic (exact) mass is 290 g/mol. The third-order valence-electron chi connectivity index (χ3n) is 2.84. The molecule has 1 N–H and O–H groups in total. The Balaban J connectivity index is 2.08. The third-order valence-corrected chi connectivity index (χ3v) is 3.06. The first-order valence-corrected chi connectivity index (χ1v) is 6.50. The van der Waals surface area contributed by atoms with E-state index in [1.807, 2.05) is 13.0 Å². The minimum atomic E-state index is -0.120. The van der Waals surface area contributed by atoms with Gasteiger partial charge in [-0.05, 0) is 42.3 Å². The van der Waals surface area contributed by atoms with Crippen LogP contribution < -0.4 is 10.1 Å². The normalized spacial score (nSPS) is 10.2. The van der Waals surface area contributed by atoms with E-state index in [2.05, 4.69) is 10.3 Å². The zero-order valence-corrected chi connectivity index (χ0v) is 12.1. The summed E-state index contributed by atoms with van der Waals surface area (Å²) in [6.07, 6.45) is 3.55. The number of halogens is 1. The highest BCUT2D eigenvalue weighted by molar-refractivity contribution is 6.30. The number of hydrogen-bond donors (Lipinski definition) is 1. The molecule has 0 aliphatic heterocycles. The molecular formula is C15H15ClN2O2. The van der Waals surface area contributed by atoms with Crippen LogP contribution in [0.2, 0.25) is 5.02 Å². The van der Waals surface area contributed by atoms with Crippen molar-refractivity contribution in [2.45, 2.75) is 13.3 Å². The molecule has 4 nitrogen and oxygen atoms in total. The van der Waals surface area contributed by atoms with Gasteiger partial charge < -0.3 is 10.1 Å². The maximum atomic E-state index is 12.0. The minimum Gasteiger partial charge on any atom is -0.497 e. The Hall–Kier alpha value is -2.07. The molecule has 0 aliphatic rings. The van der Waals surface area contributed by atoms with E-state index in [-0.39, 0.29) is 12.3 Å². The average molecular weight is 291 g/mol. The molecule has 0 saturated heterocycles. The molecule has 0 saturated carbocycles. The van der Waals surface area contributed by atoms with Gasteiger partial charge in [-0.15, -0.1) is 0 Å². The summed E-state index contributed by atoms with van der Waals surface area (Å²) in [5, 5.41) is 3.38. The SMILES string of the molecule is COc1cc(Cl)cc(CC(=O)Nc2cnccc2C)c1. The summed E-state index contributed by atoms with van der Waals surface area (Å²) < 4.78 is 5.13. The van der Waals surface area contributed by atoms with Gasteiger partial charge in [-0.25, -0.2) is 0 Å². The fourth-order valence-electron chi connectivity index (χ4n) is 1.82. The van der Waals surface area contributed by atoms with Crippen LogP contribution >= 0.6 is 11.6 Å². The number of anilines is 1. The summed E-state index contributed by atoms with van der Waals surface area (Å²) in [7, 11) is 1.56. The van der Waals surface area contributed by atoms with Gasteiger partial charge in [0.2, 0.25) is 5.91 Å². The number of pyridine rings is 1. The lowest BCUT2D eigenvalue weighted by Gasteiger charge is -2.09. The highest BCUT2D eigenvalue weighted by atomic mass is 35.5. The number of aromatic nitrogens is 1. The molecule has 2 rings (SSSR count). The zero-order valence-electron chi connectivity index (χ0n) is 11.3. The fraction of sp³-hybridized carbons (Fsp3) is 0.200. The van der Waals surface area contributed by atoms with Crippen molar-refractivity contribution in [3.63, 3.8) is 0 Å². The number of carbonyl (C=O) groups excluding carboxylic acids is 1. The second kappa shape index (κ2) is 6.39.